The quantitative estimate of drug-likeness (QED) is 0.333. The van der Waals surface area contributed by atoms with Gasteiger partial charge in [-0.15, -0.1) is 0 Å². The number of anilines is 3. The van der Waals surface area contributed by atoms with E-state index in [1.807, 2.05) is 13.8 Å². The number of hydrogen-bond acceptors (Lipinski definition) is 4. The van der Waals surface area contributed by atoms with E-state index in [2.05, 4.69) is 20.6 Å². The number of aromatic nitrogens is 2. The van der Waals surface area contributed by atoms with Crippen molar-refractivity contribution >= 4 is 45.9 Å². The van der Waals surface area contributed by atoms with Crippen molar-refractivity contribution < 1.29 is 18.3 Å². The second kappa shape index (κ2) is 7.74. The Labute approximate surface area is 192 Å². The van der Waals surface area contributed by atoms with Crippen LogP contribution in [0.2, 0.25) is 5.02 Å². The minimum Gasteiger partial charge on any atom is -0.486 e. The molecule has 0 spiro atoms. The zero-order chi connectivity index (χ0) is 23.3. The maximum Gasteiger partial charge on any atom is 0.259 e. The van der Waals surface area contributed by atoms with Crippen LogP contribution in [0.15, 0.2) is 48.5 Å². The summed E-state index contributed by atoms with van der Waals surface area (Å²) in [4.78, 5) is 20.8. The lowest BCUT2D eigenvalue weighted by Crippen LogP contribution is -2.25. The van der Waals surface area contributed by atoms with Gasteiger partial charge in [0.1, 0.15) is 23.0 Å². The van der Waals surface area contributed by atoms with Gasteiger partial charge in [-0.3, -0.25) is 4.79 Å². The highest BCUT2D eigenvalue weighted by molar-refractivity contribution is 6.33. The molecule has 3 N–H and O–H groups in total. The van der Waals surface area contributed by atoms with E-state index in [9.17, 15) is 13.6 Å². The number of H-pyrrole nitrogens is 1. The number of halogens is 3. The molecule has 4 aromatic rings. The Hall–Kier alpha value is -3.65. The van der Waals surface area contributed by atoms with Crippen molar-refractivity contribution in [1.29, 1.82) is 0 Å². The summed E-state index contributed by atoms with van der Waals surface area (Å²) in [6.07, 6.45) is 0.540. The number of imidazole rings is 1. The molecule has 0 unspecified atom stereocenters. The number of rotatable bonds is 4. The normalized spacial score (nSPS) is 14.1. The number of carbonyl (C=O) groups is 1. The van der Waals surface area contributed by atoms with Gasteiger partial charge >= 0.3 is 0 Å². The summed E-state index contributed by atoms with van der Waals surface area (Å²) in [6.45, 7) is 3.85. The third-order valence-electron chi connectivity index (χ3n) is 5.37. The van der Waals surface area contributed by atoms with E-state index in [0.717, 1.165) is 5.56 Å². The van der Waals surface area contributed by atoms with E-state index in [1.54, 1.807) is 12.1 Å². The highest BCUT2D eigenvalue weighted by atomic mass is 35.5. The van der Waals surface area contributed by atoms with E-state index in [0.29, 0.717) is 34.5 Å². The van der Waals surface area contributed by atoms with Crippen LogP contribution in [0, 0.1) is 11.6 Å². The Morgan fingerprint density at radius 2 is 1.94 bits per heavy atom. The molecule has 6 nitrogen and oxygen atoms in total. The van der Waals surface area contributed by atoms with Crippen LogP contribution in [0.1, 0.15) is 29.8 Å². The summed E-state index contributed by atoms with van der Waals surface area (Å²) < 4.78 is 33.6. The Bertz CT molecular complexity index is 1380. The topological polar surface area (TPSA) is 79.0 Å². The molecule has 1 aliphatic heterocycles. The first kappa shape index (κ1) is 21.2. The molecule has 5 rings (SSSR count). The zero-order valence-corrected chi connectivity index (χ0v) is 18.5. The van der Waals surface area contributed by atoms with Crippen LogP contribution in [0.3, 0.4) is 0 Å². The van der Waals surface area contributed by atoms with Gasteiger partial charge < -0.3 is 20.4 Å². The molecule has 9 heteroatoms. The SMILES string of the molecule is CC1(C)Cc2c(c(C(=O)Nc3ccc(F)cc3)cc3nc(Nc4c(F)cccc4Cl)[nH]c23)O1. The van der Waals surface area contributed by atoms with Gasteiger partial charge in [0.15, 0.2) is 0 Å². The van der Waals surface area contributed by atoms with Crippen molar-refractivity contribution in [3.63, 3.8) is 0 Å². The first-order chi connectivity index (χ1) is 15.7. The summed E-state index contributed by atoms with van der Waals surface area (Å²) in [5.41, 5.74) is 2.30. The smallest absolute Gasteiger partial charge is 0.259 e. The number of amides is 1. The standard InChI is InChI=1S/C24H19ClF2N4O2/c1-24(2)11-15-19-18(29-23(30-19)31-20-16(25)4-3-5-17(20)27)10-14(21(15)33-24)22(32)28-13-8-6-12(26)7-9-13/h3-10H,11H2,1-2H3,(H,28,32)(H2,29,30,31). The van der Waals surface area contributed by atoms with Crippen LogP contribution < -0.4 is 15.4 Å². The summed E-state index contributed by atoms with van der Waals surface area (Å²) in [6, 6.07) is 11.5. The van der Waals surface area contributed by atoms with E-state index >= 15 is 0 Å². The molecule has 0 radical (unpaired) electrons. The number of nitrogens with one attached hydrogen (secondary N) is 3. The number of nitrogens with zero attached hydrogens (tertiary/aromatic N) is 1. The van der Waals surface area contributed by atoms with Gasteiger partial charge in [0.25, 0.3) is 5.91 Å². The molecule has 1 amide bonds. The molecular weight excluding hydrogens is 450 g/mol. The van der Waals surface area contributed by atoms with Gasteiger partial charge in [0.2, 0.25) is 5.95 Å². The lowest BCUT2D eigenvalue weighted by atomic mass is 9.98. The van der Waals surface area contributed by atoms with E-state index in [1.165, 1.54) is 36.4 Å². The molecule has 2 heterocycles. The molecule has 0 aliphatic carbocycles. The van der Waals surface area contributed by atoms with Crippen molar-refractivity contribution in [3.05, 3.63) is 76.3 Å². The second-order valence-corrected chi connectivity index (χ2v) is 8.84. The highest BCUT2D eigenvalue weighted by Crippen LogP contribution is 2.42. The van der Waals surface area contributed by atoms with Gasteiger partial charge in [-0.05, 0) is 56.3 Å². The summed E-state index contributed by atoms with van der Waals surface area (Å²) in [5, 5.41) is 5.86. The summed E-state index contributed by atoms with van der Waals surface area (Å²) in [7, 11) is 0. The highest BCUT2D eigenvalue weighted by Gasteiger charge is 2.36. The summed E-state index contributed by atoms with van der Waals surface area (Å²) in [5.74, 6) is -0.595. The fourth-order valence-corrected chi connectivity index (χ4v) is 4.13. The minimum absolute atomic E-state index is 0.0979. The van der Waals surface area contributed by atoms with Crippen LogP contribution >= 0.6 is 11.6 Å². The van der Waals surface area contributed by atoms with Crippen LogP contribution in [0.4, 0.5) is 26.1 Å². The molecule has 1 aromatic heterocycles. The molecule has 0 saturated carbocycles. The fourth-order valence-electron chi connectivity index (χ4n) is 3.92. The van der Waals surface area contributed by atoms with Crippen LogP contribution in [0.5, 0.6) is 5.75 Å². The number of para-hydroxylation sites is 1. The molecule has 0 fully saturated rings. The average Bonchev–Trinajstić information content (AvgIpc) is 3.31. The molecule has 168 valence electrons. The van der Waals surface area contributed by atoms with Gasteiger partial charge in [0, 0.05) is 17.7 Å². The lowest BCUT2D eigenvalue weighted by molar-refractivity contribution is 0.101. The Morgan fingerprint density at radius 3 is 2.67 bits per heavy atom. The monoisotopic (exact) mass is 468 g/mol. The maximum absolute atomic E-state index is 14.2. The third-order valence-corrected chi connectivity index (χ3v) is 5.68. The maximum atomic E-state index is 14.2. The Morgan fingerprint density at radius 1 is 1.18 bits per heavy atom. The molecule has 1 aliphatic rings. The van der Waals surface area contributed by atoms with Crippen LogP contribution in [0.25, 0.3) is 11.0 Å². The van der Waals surface area contributed by atoms with Crippen LogP contribution in [-0.4, -0.2) is 21.5 Å². The van der Waals surface area contributed by atoms with E-state index in [-0.39, 0.29) is 16.7 Å². The van der Waals surface area contributed by atoms with Gasteiger partial charge in [0.05, 0.1) is 27.3 Å². The fraction of sp³-hybridized carbons (Fsp3) is 0.167. The van der Waals surface area contributed by atoms with Crippen molar-refractivity contribution in [2.75, 3.05) is 10.6 Å². The van der Waals surface area contributed by atoms with Gasteiger partial charge in [-0.1, -0.05) is 17.7 Å². The largest absolute Gasteiger partial charge is 0.486 e. The Balaban J connectivity index is 1.56. The number of fused-ring (bicyclic) bond motifs is 3. The molecule has 0 atom stereocenters. The molecule has 0 bridgehead atoms. The molecule has 3 aromatic carbocycles. The molecule has 33 heavy (non-hydrogen) atoms. The van der Waals surface area contributed by atoms with Crippen molar-refractivity contribution in [2.45, 2.75) is 25.9 Å². The number of aromatic amines is 1. The summed E-state index contributed by atoms with van der Waals surface area (Å²) >= 11 is 6.12. The first-order valence-electron chi connectivity index (χ1n) is 10.2. The Kier molecular flexibility index (Phi) is 4.97. The predicted molar refractivity (Wildman–Crippen MR) is 124 cm³/mol. The number of carbonyl (C=O) groups excluding carboxylic acids is 1. The minimum atomic E-state index is -0.533. The second-order valence-electron chi connectivity index (χ2n) is 8.43. The van der Waals surface area contributed by atoms with Crippen molar-refractivity contribution in [1.82, 2.24) is 9.97 Å². The number of hydrogen-bond donors (Lipinski definition) is 3. The third kappa shape index (κ3) is 3.98. The average molecular weight is 469 g/mol. The van der Waals surface area contributed by atoms with Gasteiger partial charge in [-0.2, -0.15) is 0 Å². The lowest BCUT2D eigenvalue weighted by Gasteiger charge is -2.18. The van der Waals surface area contributed by atoms with Crippen LogP contribution in [-0.2, 0) is 6.42 Å². The predicted octanol–water partition coefficient (Wildman–Crippen LogP) is 6.20. The van der Waals surface area contributed by atoms with E-state index in [4.69, 9.17) is 16.3 Å². The molecular formula is C24H19ClF2N4O2. The number of benzene rings is 3. The first-order valence-corrected chi connectivity index (χ1v) is 10.6. The molecule has 0 saturated heterocycles. The van der Waals surface area contributed by atoms with Crippen molar-refractivity contribution in [2.24, 2.45) is 0 Å². The zero-order valence-electron chi connectivity index (χ0n) is 17.7. The number of ether oxygens (including phenoxy) is 1. The van der Waals surface area contributed by atoms with Crippen molar-refractivity contribution in [3.8, 4) is 5.75 Å². The van der Waals surface area contributed by atoms with Gasteiger partial charge in [-0.25, -0.2) is 13.8 Å². The van der Waals surface area contributed by atoms with E-state index < -0.39 is 23.1 Å².